The van der Waals surface area contributed by atoms with Gasteiger partial charge in [0.1, 0.15) is 5.82 Å². The zero-order chi connectivity index (χ0) is 8.10. The van der Waals surface area contributed by atoms with Gasteiger partial charge in [0.25, 0.3) is 0 Å². The van der Waals surface area contributed by atoms with Crippen molar-refractivity contribution < 1.29 is 0 Å². The third kappa shape index (κ3) is 2.10. The number of nitrogens with zero attached hydrogens (tertiary/aromatic N) is 5. The maximum Gasteiger partial charge on any atom is 0.187 e. The Hall–Kier alpha value is -1.26. The van der Waals surface area contributed by atoms with Gasteiger partial charge in [-0.25, -0.2) is 9.97 Å². The molecule has 0 N–H and O–H groups in total. The van der Waals surface area contributed by atoms with Crippen molar-refractivity contribution in [1.29, 1.82) is 0 Å². The van der Waals surface area contributed by atoms with Gasteiger partial charge in [0.15, 0.2) is 5.16 Å². The van der Waals surface area contributed by atoms with Crippen molar-refractivity contribution in [3.63, 3.8) is 0 Å². The molecule has 11 heavy (non-hydrogen) atoms. The van der Waals surface area contributed by atoms with Crippen LogP contribution in [-0.2, 0) is 0 Å². The van der Waals surface area contributed by atoms with Gasteiger partial charge in [-0.15, -0.1) is 0 Å². The summed E-state index contributed by atoms with van der Waals surface area (Å²) >= 11 is 1.40. The molecule has 1 aromatic rings. The molecule has 0 bridgehead atoms. The number of thioether (sulfide) groups is 1. The second-order valence-corrected chi connectivity index (χ2v) is 2.36. The zero-order valence-electron chi connectivity index (χ0n) is 5.80. The van der Waals surface area contributed by atoms with Crippen LogP contribution in [0.5, 0.6) is 0 Å². The number of hydrogen-bond acceptors (Lipinski definition) is 4. The molecule has 0 unspecified atom stereocenters. The van der Waals surface area contributed by atoms with Crippen molar-refractivity contribution in [3.8, 4) is 0 Å². The van der Waals surface area contributed by atoms with E-state index in [4.69, 9.17) is 5.53 Å². The van der Waals surface area contributed by atoms with Crippen LogP contribution in [-0.4, -0.2) is 16.2 Å². The van der Waals surface area contributed by atoms with Gasteiger partial charge in [0, 0.05) is 11.1 Å². The van der Waals surface area contributed by atoms with Crippen molar-refractivity contribution in [2.24, 2.45) is 5.11 Å². The minimum Gasteiger partial charge on any atom is -0.231 e. The third-order valence-electron chi connectivity index (χ3n) is 0.949. The highest BCUT2D eigenvalue weighted by molar-refractivity contribution is 7.98. The van der Waals surface area contributed by atoms with Crippen LogP contribution < -0.4 is 0 Å². The molecule has 1 aromatic heterocycles. The van der Waals surface area contributed by atoms with Crippen LogP contribution in [0.25, 0.3) is 10.4 Å². The van der Waals surface area contributed by atoms with Crippen LogP contribution in [0.15, 0.2) is 22.5 Å². The molecule has 0 saturated heterocycles. The van der Waals surface area contributed by atoms with E-state index in [1.165, 1.54) is 11.8 Å². The van der Waals surface area contributed by atoms with Crippen LogP contribution >= 0.6 is 11.8 Å². The number of rotatable bonds is 2. The van der Waals surface area contributed by atoms with E-state index < -0.39 is 0 Å². The Kier molecular flexibility index (Phi) is 2.71. The van der Waals surface area contributed by atoms with Crippen LogP contribution in [0.3, 0.4) is 0 Å². The molecule has 5 nitrogen and oxygen atoms in total. The molecule has 0 amide bonds. The fourth-order valence-electron chi connectivity index (χ4n) is 0.532. The summed E-state index contributed by atoms with van der Waals surface area (Å²) in [5.41, 5.74) is 8.07. The van der Waals surface area contributed by atoms with E-state index in [0.29, 0.717) is 11.0 Å². The molecule has 0 saturated carbocycles. The maximum atomic E-state index is 8.07. The minimum atomic E-state index is 0.354. The van der Waals surface area contributed by atoms with Gasteiger partial charge in [0.05, 0.1) is 0 Å². The summed E-state index contributed by atoms with van der Waals surface area (Å²) in [5.74, 6) is 0.354. The normalized spacial score (nSPS) is 8.82. The van der Waals surface area contributed by atoms with Crippen molar-refractivity contribution in [2.75, 3.05) is 6.26 Å². The Bertz CT molecular complexity index is 293. The average Bonchev–Trinajstić information content (AvgIpc) is 2.06. The molecular formula is C5H5N5S. The summed E-state index contributed by atoms with van der Waals surface area (Å²) in [4.78, 5) is 10.4. The second-order valence-electron chi connectivity index (χ2n) is 1.59. The van der Waals surface area contributed by atoms with Gasteiger partial charge in [-0.05, 0) is 23.0 Å². The lowest BCUT2D eigenvalue weighted by molar-refractivity contribution is 0.965. The van der Waals surface area contributed by atoms with Gasteiger partial charge in [-0.1, -0.05) is 11.8 Å². The molecule has 0 radical (unpaired) electrons. The Balaban J connectivity index is 3.00. The predicted molar refractivity (Wildman–Crippen MR) is 42.6 cm³/mol. The molecule has 1 heterocycles. The molecule has 0 fully saturated rings. The fourth-order valence-corrected chi connectivity index (χ4v) is 0.883. The summed E-state index contributed by atoms with van der Waals surface area (Å²) in [6, 6.07) is 1.56. The van der Waals surface area contributed by atoms with E-state index in [0.717, 1.165) is 0 Å². The maximum absolute atomic E-state index is 8.07. The highest BCUT2D eigenvalue weighted by Gasteiger charge is 1.93. The second kappa shape index (κ2) is 3.80. The molecule has 56 valence electrons. The predicted octanol–water partition coefficient (Wildman–Crippen LogP) is 2.14. The molecule has 0 spiro atoms. The van der Waals surface area contributed by atoms with E-state index in [-0.39, 0.29) is 0 Å². The lowest BCUT2D eigenvalue weighted by atomic mass is 10.6. The monoisotopic (exact) mass is 167 g/mol. The molecule has 0 atom stereocenters. The first-order valence-corrected chi connectivity index (χ1v) is 4.01. The smallest absolute Gasteiger partial charge is 0.187 e. The van der Waals surface area contributed by atoms with Crippen LogP contribution in [0, 0.1) is 0 Å². The van der Waals surface area contributed by atoms with Crippen LogP contribution in [0.1, 0.15) is 0 Å². The van der Waals surface area contributed by atoms with E-state index >= 15 is 0 Å². The summed E-state index contributed by atoms with van der Waals surface area (Å²) in [6.45, 7) is 0. The third-order valence-corrected chi connectivity index (χ3v) is 1.51. The number of hydrogen-bond donors (Lipinski definition) is 0. The highest BCUT2D eigenvalue weighted by atomic mass is 32.2. The topological polar surface area (TPSA) is 74.5 Å². The SMILES string of the molecule is CSc1nccc(N=[N+]=[N-])n1. The van der Waals surface area contributed by atoms with Crippen LogP contribution in [0.2, 0.25) is 0 Å². The molecule has 6 heteroatoms. The fraction of sp³-hybridized carbons (Fsp3) is 0.200. The molecule has 0 aromatic carbocycles. The lowest BCUT2D eigenvalue weighted by Gasteiger charge is -1.92. The average molecular weight is 167 g/mol. The molecule has 0 aliphatic carbocycles. The van der Waals surface area contributed by atoms with Crippen molar-refractivity contribution in [2.45, 2.75) is 5.16 Å². The number of aromatic nitrogens is 2. The van der Waals surface area contributed by atoms with Gasteiger partial charge in [0.2, 0.25) is 0 Å². The summed E-state index contributed by atoms with van der Waals surface area (Å²) in [7, 11) is 0. The molecule has 0 aliphatic heterocycles. The van der Waals surface area contributed by atoms with E-state index in [2.05, 4.69) is 20.0 Å². The first-order chi connectivity index (χ1) is 5.36. The van der Waals surface area contributed by atoms with Gasteiger partial charge >= 0.3 is 0 Å². The molecule has 1 rings (SSSR count). The quantitative estimate of drug-likeness (QED) is 0.222. The Labute approximate surface area is 67.5 Å². The zero-order valence-corrected chi connectivity index (χ0v) is 6.62. The molecular weight excluding hydrogens is 162 g/mol. The van der Waals surface area contributed by atoms with E-state index in [9.17, 15) is 0 Å². The summed E-state index contributed by atoms with van der Waals surface area (Å²) in [5, 5.41) is 3.94. The van der Waals surface area contributed by atoms with Crippen molar-refractivity contribution >= 4 is 17.6 Å². The van der Waals surface area contributed by atoms with Crippen molar-refractivity contribution in [3.05, 3.63) is 22.7 Å². The molecule has 0 aliphatic rings. The van der Waals surface area contributed by atoms with Gasteiger partial charge in [-0.3, -0.25) is 0 Å². The van der Waals surface area contributed by atoms with E-state index in [1.54, 1.807) is 12.3 Å². The Morgan fingerprint density at radius 1 is 1.73 bits per heavy atom. The largest absolute Gasteiger partial charge is 0.231 e. The highest BCUT2D eigenvalue weighted by Crippen LogP contribution is 2.12. The standard InChI is InChI=1S/C5H5N5S/c1-11-5-7-3-2-4(8-5)9-10-6/h2-3H,1H3. The minimum absolute atomic E-state index is 0.354. The Morgan fingerprint density at radius 3 is 3.18 bits per heavy atom. The number of azide groups is 1. The Morgan fingerprint density at radius 2 is 2.55 bits per heavy atom. The lowest BCUT2D eigenvalue weighted by Crippen LogP contribution is -1.81. The van der Waals surface area contributed by atoms with Crippen molar-refractivity contribution in [1.82, 2.24) is 9.97 Å². The first kappa shape index (κ1) is 7.84. The van der Waals surface area contributed by atoms with E-state index in [1.807, 2.05) is 6.26 Å². The summed E-state index contributed by atoms with van der Waals surface area (Å²) in [6.07, 6.45) is 3.41. The van der Waals surface area contributed by atoms with Gasteiger partial charge < -0.3 is 0 Å². The summed E-state index contributed by atoms with van der Waals surface area (Å²) < 4.78 is 0. The van der Waals surface area contributed by atoms with Gasteiger partial charge in [-0.2, -0.15) is 0 Å². The first-order valence-electron chi connectivity index (χ1n) is 2.79. The van der Waals surface area contributed by atoms with Crippen LogP contribution in [0.4, 0.5) is 5.82 Å².